The fourth-order valence-corrected chi connectivity index (χ4v) is 5.78. The lowest BCUT2D eigenvalue weighted by molar-refractivity contribution is 1.22. The Kier molecular flexibility index (Phi) is 6.42. The van der Waals surface area contributed by atoms with Gasteiger partial charge in [-0.25, -0.2) is 0 Å². The van der Waals surface area contributed by atoms with E-state index in [1.54, 1.807) is 0 Å². The van der Waals surface area contributed by atoms with Gasteiger partial charge in [-0.05, 0) is 76.5 Å². The van der Waals surface area contributed by atoms with E-state index in [0.717, 1.165) is 22.7 Å². The third kappa shape index (κ3) is 4.70. The minimum absolute atomic E-state index is 1.11. The van der Waals surface area contributed by atoms with E-state index in [9.17, 15) is 0 Å². The molecule has 0 aliphatic rings. The highest BCUT2D eigenvalue weighted by molar-refractivity contribution is 6.12. The number of hydrogen-bond acceptors (Lipinski definition) is 2. The standard InChI is InChI=1S/C39H30N2/c1-40(39-37-21-10-8-15-31(37)27-32-16-9-11-22-38(32)39)33-23-25-35(26-24-33)41(34-18-6-3-7-19-34)36-20-12-17-30(28-36)29-13-4-2-5-14-29/h2-28H,1H3. The van der Waals surface area contributed by atoms with Crippen LogP contribution < -0.4 is 9.80 Å². The topological polar surface area (TPSA) is 6.48 Å². The van der Waals surface area contributed by atoms with Crippen LogP contribution in [-0.2, 0) is 0 Å². The molecular formula is C39H30N2. The molecule has 2 heteroatoms. The minimum Gasteiger partial charge on any atom is -0.344 e. The summed E-state index contributed by atoms with van der Waals surface area (Å²) in [7, 11) is 2.17. The van der Waals surface area contributed by atoms with Crippen molar-refractivity contribution in [1.29, 1.82) is 0 Å². The van der Waals surface area contributed by atoms with Crippen LogP contribution >= 0.6 is 0 Å². The predicted molar refractivity (Wildman–Crippen MR) is 176 cm³/mol. The Balaban J connectivity index is 1.31. The first kappa shape index (κ1) is 24.7. The zero-order chi connectivity index (χ0) is 27.6. The normalized spacial score (nSPS) is 11.0. The maximum atomic E-state index is 2.32. The number of fused-ring (bicyclic) bond motifs is 2. The highest BCUT2D eigenvalue weighted by Gasteiger charge is 2.16. The Labute approximate surface area is 241 Å². The van der Waals surface area contributed by atoms with E-state index in [-0.39, 0.29) is 0 Å². The van der Waals surface area contributed by atoms with E-state index in [4.69, 9.17) is 0 Å². The molecule has 0 fully saturated rings. The first-order valence-corrected chi connectivity index (χ1v) is 14.0. The van der Waals surface area contributed by atoms with Crippen molar-refractivity contribution in [3.8, 4) is 11.1 Å². The van der Waals surface area contributed by atoms with Crippen LogP contribution in [0.15, 0.2) is 164 Å². The Morgan fingerprint density at radius 3 is 1.51 bits per heavy atom. The van der Waals surface area contributed by atoms with Crippen molar-refractivity contribution < 1.29 is 0 Å². The molecule has 0 radical (unpaired) electrons. The molecular weight excluding hydrogens is 496 g/mol. The molecule has 0 unspecified atom stereocenters. The summed E-state index contributed by atoms with van der Waals surface area (Å²) in [6.07, 6.45) is 0. The quantitative estimate of drug-likeness (QED) is 0.199. The van der Waals surface area contributed by atoms with E-state index < -0.39 is 0 Å². The molecule has 0 aromatic heterocycles. The second kappa shape index (κ2) is 10.7. The minimum atomic E-state index is 1.11. The molecule has 0 atom stereocenters. The van der Waals surface area contributed by atoms with Gasteiger partial charge >= 0.3 is 0 Å². The molecule has 7 rings (SSSR count). The lowest BCUT2D eigenvalue weighted by Crippen LogP contribution is -2.12. The average molecular weight is 527 g/mol. The summed E-state index contributed by atoms with van der Waals surface area (Å²) >= 11 is 0. The maximum absolute atomic E-state index is 2.32. The van der Waals surface area contributed by atoms with Gasteiger partial charge in [0.2, 0.25) is 0 Å². The van der Waals surface area contributed by atoms with Crippen molar-refractivity contribution in [2.75, 3.05) is 16.8 Å². The first-order chi connectivity index (χ1) is 20.3. The van der Waals surface area contributed by atoms with Crippen molar-refractivity contribution in [2.24, 2.45) is 0 Å². The molecule has 41 heavy (non-hydrogen) atoms. The highest BCUT2D eigenvalue weighted by atomic mass is 15.1. The van der Waals surface area contributed by atoms with Crippen LogP contribution in [0.1, 0.15) is 0 Å². The summed E-state index contributed by atoms with van der Waals surface area (Å²) in [5, 5.41) is 5.00. The number of para-hydroxylation sites is 1. The van der Waals surface area contributed by atoms with E-state index in [1.807, 2.05) is 0 Å². The molecule has 2 nitrogen and oxygen atoms in total. The molecule has 0 heterocycles. The SMILES string of the molecule is CN(c1ccc(N(c2ccccc2)c2cccc(-c3ccccc3)c2)cc1)c1c2ccccc2cc2ccccc12. The van der Waals surface area contributed by atoms with Crippen LogP contribution in [0.2, 0.25) is 0 Å². The molecule has 0 spiro atoms. The molecule has 0 amide bonds. The summed E-state index contributed by atoms with van der Waals surface area (Å²) in [4.78, 5) is 4.64. The Bertz CT molecular complexity index is 1890. The summed E-state index contributed by atoms with van der Waals surface area (Å²) in [6.45, 7) is 0. The molecule has 0 aliphatic heterocycles. The second-order valence-corrected chi connectivity index (χ2v) is 10.3. The number of nitrogens with zero attached hydrogens (tertiary/aromatic N) is 2. The fourth-order valence-electron chi connectivity index (χ4n) is 5.78. The van der Waals surface area contributed by atoms with Crippen molar-refractivity contribution in [3.63, 3.8) is 0 Å². The van der Waals surface area contributed by atoms with Gasteiger partial charge in [-0.3, -0.25) is 0 Å². The van der Waals surface area contributed by atoms with Crippen molar-refractivity contribution in [1.82, 2.24) is 0 Å². The Hall–Kier alpha value is -5.34. The smallest absolute Gasteiger partial charge is 0.0567 e. The van der Waals surface area contributed by atoms with Gasteiger partial charge in [-0.15, -0.1) is 0 Å². The number of benzene rings is 7. The molecule has 196 valence electrons. The summed E-state index contributed by atoms with van der Waals surface area (Å²) < 4.78 is 0. The van der Waals surface area contributed by atoms with Crippen LogP contribution in [0.5, 0.6) is 0 Å². The van der Waals surface area contributed by atoms with E-state index >= 15 is 0 Å². The lowest BCUT2D eigenvalue weighted by atomic mass is 10.00. The van der Waals surface area contributed by atoms with Gasteiger partial charge in [0.1, 0.15) is 0 Å². The molecule has 7 aromatic rings. The van der Waals surface area contributed by atoms with Gasteiger partial charge in [0.15, 0.2) is 0 Å². The lowest BCUT2D eigenvalue weighted by Gasteiger charge is -2.28. The molecule has 0 aliphatic carbocycles. The molecule has 7 aromatic carbocycles. The van der Waals surface area contributed by atoms with Crippen LogP contribution in [0.4, 0.5) is 28.4 Å². The van der Waals surface area contributed by atoms with Gasteiger partial charge in [-0.2, -0.15) is 0 Å². The zero-order valence-corrected chi connectivity index (χ0v) is 23.0. The molecule has 0 saturated heterocycles. The first-order valence-electron chi connectivity index (χ1n) is 14.0. The van der Waals surface area contributed by atoms with Crippen molar-refractivity contribution in [3.05, 3.63) is 164 Å². The average Bonchev–Trinajstić information content (AvgIpc) is 3.05. The monoisotopic (exact) mass is 526 g/mol. The molecule has 0 N–H and O–H groups in total. The Morgan fingerprint density at radius 1 is 0.366 bits per heavy atom. The summed E-state index contributed by atoms with van der Waals surface area (Å²) in [5.41, 5.74) is 8.13. The van der Waals surface area contributed by atoms with Crippen LogP contribution in [0, 0.1) is 0 Å². The summed E-state index contributed by atoms with van der Waals surface area (Å²) in [5.74, 6) is 0. The maximum Gasteiger partial charge on any atom is 0.0567 e. The highest BCUT2D eigenvalue weighted by Crippen LogP contribution is 2.40. The third-order valence-electron chi connectivity index (χ3n) is 7.80. The van der Waals surface area contributed by atoms with Gasteiger partial charge in [-0.1, -0.05) is 109 Å². The fraction of sp³-hybridized carbons (Fsp3) is 0.0256. The van der Waals surface area contributed by atoms with Crippen LogP contribution in [-0.4, -0.2) is 7.05 Å². The number of rotatable bonds is 6. The third-order valence-corrected chi connectivity index (χ3v) is 7.80. The van der Waals surface area contributed by atoms with Gasteiger partial charge < -0.3 is 9.80 Å². The molecule has 0 saturated carbocycles. The van der Waals surface area contributed by atoms with Crippen molar-refractivity contribution >= 4 is 50.0 Å². The van der Waals surface area contributed by atoms with E-state index in [1.165, 1.54) is 38.4 Å². The van der Waals surface area contributed by atoms with Crippen LogP contribution in [0.25, 0.3) is 32.7 Å². The van der Waals surface area contributed by atoms with E-state index in [2.05, 4.69) is 181 Å². The van der Waals surface area contributed by atoms with Gasteiger partial charge in [0, 0.05) is 40.6 Å². The molecule has 0 bridgehead atoms. The van der Waals surface area contributed by atoms with Crippen molar-refractivity contribution in [2.45, 2.75) is 0 Å². The Morgan fingerprint density at radius 2 is 0.854 bits per heavy atom. The van der Waals surface area contributed by atoms with Gasteiger partial charge in [0.25, 0.3) is 0 Å². The largest absolute Gasteiger partial charge is 0.344 e. The second-order valence-electron chi connectivity index (χ2n) is 10.3. The zero-order valence-electron chi connectivity index (χ0n) is 23.0. The van der Waals surface area contributed by atoms with Crippen LogP contribution in [0.3, 0.4) is 0 Å². The number of anilines is 5. The predicted octanol–water partition coefficient (Wildman–Crippen LogP) is 10.9. The van der Waals surface area contributed by atoms with E-state index in [0.29, 0.717) is 0 Å². The summed E-state index contributed by atoms with van der Waals surface area (Å²) in [6, 6.07) is 58.4. The van der Waals surface area contributed by atoms with Gasteiger partial charge in [0.05, 0.1) is 5.69 Å². The number of hydrogen-bond donors (Lipinski definition) is 0.